The fourth-order valence-electron chi connectivity index (χ4n) is 2.72. The number of carbonyl (C=O) groups is 1. The van der Waals surface area contributed by atoms with Gasteiger partial charge in [0.15, 0.2) is 0 Å². The smallest absolute Gasteiger partial charge is 0.308 e. The van der Waals surface area contributed by atoms with Crippen LogP contribution in [0.25, 0.3) is 17.0 Å². The van der Waals surface area contributed by atoms with Gasteiger partial charge in [-0.2, -0.15) is 0 Å². The molecule has 2 aromatic heterocycles. The van der Waals surface area contributed by atoms with Crippen molar-refractivity contribution in [3.05, 3.63) is 78.4 Å². The number of anilines is 2. The normalized spacial score (nSPS) is 10.7. The molecule has 2 amide bonds. The average molecular weight is 361 g/mol. The van der Waals surface area contributed by atoms with E-state index in [2.05, 4.69) is 20.6 Å². The van der Waals surface area contributed by atoms with Crippen molar-refractivity contribution in [3.63, 3.8) is 0 Å². The number of rotatable bonds is 3. The first-order valence-electron chi connectivity index (χ1n) is 8.34. The standard InChI is InChI=1S/C20H16FN5O/c1-13-3-5-14(6-4-13)17-18(26-12-2-11-22-19(26)24-17)25-20(27)23-16-9-7-15(21)8-10-16/h2-12H,1H3,(H2,23,25,27). The molecule has 0 radical (unpaired) electrons. The van der Waals surface area contributed by atoms with E-state index in [1.165, 1.54) is 24.3 Å². The van der Waals surface area contributed by atoms with Crippen molar-refractivity contribution in [2.24, 2.45) is 0 Å². The summed E-state index contributed by atoms with van der Waals surface area (Å²) in [5.41, 5.74) is 3.09. The van der Waals surface area contributed by atoms with Crippen LogP contribution in [-0.2, 0) is 0 Å². The number of nitrogens with one attached hydrogen (secondary N) is 2. The number of hydrogen-bond acceptors (Lipinski definition) is 3. The van der Waals surface area contributed by atoms with Gasteiger partial charge in [0, 0.05) is 23.6 Å². The Morgan fingerprint density at radius 2 is 1.78 bits per heavy atom. The van der Waals surface area contributed by atoms with E-state index in [-0.39, 0.29) is 5.82 Å². The molecule has 0 saturated carbocycles. The van der Waals surface area contributed by atoms with Crippen LogP contribution in [0.15, 0.2) is 67.0 Å². The number of carbonyl (C=O) groups excluding carboxylic acids is 1. The third-order valence-electron chi connectivity index (χ3n) is 4.06. The van der Waals surface area contributed by atoms with Crippen LogP contribution in [0, 0.1) is 12.7 Å². The second-order valence-electron chi connectivity index (χ2n) is 6.05. The number of nitrogens with zero attached hydrogens (tertiary/aromatic N) is 3. The molecule has 0 bridgehead atoms. The first-order valence-corrected chi connectivity index (χ1v) is 8.34. The second kappa shape index (κ2) is 6.87. The molecule has 0 saturated heterocycles. The SMILES string of the molecule is Cc1ccc(-c2nc3ncccn3c2NC(=O)Nc2ccc(F)cc2)cc1. The van der Waals surface area contributed by atoms with Crippen LogP contribution < -0.4 is 10.6 Å². The Morgan fingerprint density at radius 3 is 2.52 bits per heavy atom. The van der Waals surface area contributed by atoms with Crippen LogP contribution in [0.2, 0.25) is 0 Å². The lowest BCUT2D eigenvalue weighted by molar-refractivity contribution is 0.262. The van der Waals surface area contributed by atoms with Crippen molar-refractivity contribution in [1.29, 1.82) is 0 Å². The predicted octanol–water partition coefficient (Wildman–Crippen LogP) is 4.49. The Kier molecular flexibility index (Phi) is 4.25. The van der Waals surface area contributed by atoms with Gasteiger partial charge in [0.2, 0.25) is 5.78 Å². The number of hydrogen-bond donors (Lipinski definition) is 2. The fourth-order valence-corrected chi connectivity index (χ4v) is 2.72. The topological polar surface area (TPSA) is 71.3 Å². The molecule has 0 aliphatic rings. The number of urea groups is 1. The lowest BCUT2D eigenvalue weighted by Gasteiger charge is -2.09. The first-order chi connectivity index (χ1) is 13.1. The summed E-state index contributed by atoms with van der Waals surface area (Å²) in [4.78, 5) is 21.3. The van der Waals surface area contributed by atoms with Crippen molar-refractivity contribution in [1.82, 2.24) is 14.4 Å². The van der Waals surface area contributed by atoms with Gasteiger partial charge >= 0.3 is 6.03 Å². The second-order valence-corrected chi connectivity index (χ2v) is 6.05. The Bertz CT molecular complexity index is 1100. The summed E-state index contributed by atoms with van der Waals surface area (Å²) in [6.45, 7) is 2.00. The zero-order chi connectivity index (χ0) is 18.8. The number of halogens is 1. The van der Waals surface area contributed by atoms with Gasteiger partial charge in [0.05, 0.1) is 0 Å². The van der Waals surface area contributed by atoms with Crippen LogP contribution >= 0.6 is 0 Å². The molecular formula is C20H16FN5O. The molecule has 2 aromatic carbocycles. The number of imidazole rings is 1. The Morgan fingerprint density at radius 1 is 1.04 bits per heavy atom. The molecule has 0 spiro atoms. The highest BCUT2D eigenvalue weighted by Crippen LogP contribution is 2.28. The van der Waals surface area contributed by atoms with Gasteiger partial charge in [0.25, 0.3) is 0 Å². The highest BCUT2D eigenvalue weighted by Gasteiger charge is 2.17. The number of aryl methyl sites for hydroxylation is 1. The van der Waals surface area contributed by atoms with E-state index in [1.54, 1.807) is 22.9 Å². The van der Waals surface area contributed by atoms with E-state index < -0.39 is 6.03 Å². The van der Waals surface area contributed by atoms with Crippen molar-refractivity contribution in [3.8, 4) is 11.3 Å². The van der Waals surface area contributed by atoms with E-state index in [1.807, 2.05) is 31.2 Å². The third-order valence-corrected chi connectivity index (χ3v) is 4.06. The highest BCUT2D eigenvalue weighted by molar-refractivity contribution is 6.01. The maximum Gasteiger partial charge on any atom is 0.324 e. The zero-order valence-corrected chi connectivity index (χ0v) is 14.5. The molecule has 0 fully saturated rings. The molecule has 2 heterocycles. The van der Waals surface area contributed by atoms with Crippen LogP contribution in [0.1, 0.15) is 5.56 Å². The van der Waals surface area contributed by atoms with Gasteiger partial charge in [-0.1, -0.05) is 29.8 Å². The summed E-state index contributed by atoms with van der Waals surface area (Å²) in [5, 5.41) is 5.51. The van der Waals surface area contributed by atoms with E-state index in [0.29, 0.717) is 23.0 Å². The molecule has 4 aromatic rings. The molecule has 7 heteroatoms. The minimum absolute atomic E-state index is 0.365. The molecule has 0 atom stereocenters. The molecule has 0 unspecified atom stereocenters. The maximum atomic E-state index is 13.0. The van der Waals surface area contributed by atoms with Gasteiger partial charge in [-0.05, 0) is 37.3 Å². The predicted molar refractivity (Wildman–Crippen MR) is 102 cm³/mol. The monoisotopic (exact) mass is 361 g/mol. The zero-order valence-electron chi connectivity index (χ0n) is 14.5. The quantitative estimate of drug-likeness (QED) is 0.565. The molecule has 0 aliphatic heterocycles. The number of aromatic nitrogens is 3. The summed E-state index contributed by atoms with van der Waals surface area (Å²) >= 11 is 0. The number of benzene rings is 2. The average Bonchev–Trinajstić information content (AvgIpc) is 3.03. The fraction of sp³-hybridized carbons (Fsp3) is 0.0500. The molecule has 0 aliphatic carbocycles. The molecule has 134 valence electrons. The molecular weight excluding hydrogens is 345 g/mol. The maximum absolute atomic E-state index is 13.0. The third kappa shape index (κ3) is 3.48. The van der Waals surface area contributed by atoms with Gasteiger partial charge in [0.1, 0.15) is 17.3 Å². The van der Waals surface area contributed by atoms with E-state index >= 15 is 0 Å². The van der Waals surface area contributed by atoms with Gasteiger partial charge in [-0.25, -0.2) is 19.2 Å². The van der Waals surface area contributed by atoms with Crippen molar-refractivity contribution >= 4 is 23.3 Å². The van der Waals surface area contributed by atoms with Crippen molar-refractivity contribution in [2.75, 3.05) is 10.6 Å². The van der Waals surface area contributed by atoms with Crippen molar-refractivity contribution in [2.45, 2.75) is 6.92 Å². The van der Waals surface area contributed by atoms with Gasteiger partial charge < -0.3 is 5.32 Å². The number of fused-ring (bicyclic) bond motifs is 1. The summed E-state index contributed by atoms with van der Waals surface area (Å²) in [5.74, 6) is 0.613. The lowest BCUT2D eigenvalue weighted by Crippen LogP contribution is -2.20. The summed E-state index contributed by atoms with van der Waals surface area (Å²) in [6, 6.07) is 14.7. The summed E-state index contributed by atoms with van der Waals surface area (Å²) in [6.07, 6.45) is 3.42. The van der Waals surface area contributed by atoms with E-state index in [4.69, 9.17) is 0 Å². The van der Waals surface area contributed by atoms with Gasteiger partial charge in [-0.3, -0.25) is 9.72 Å². The van der Waals surface area contributed by atoms with Crippen LogP contribution in [0.5, 0.6) is 0 Å². The Hall–Kier alpha value is -3.74. The Balaban J connectivity index is 1.69. The van der Waals surface area contributed by atoms with Crippen LogP contribution in [0.3, 0.4) is 0 Å². The molecule has 2 N–H and O–H groups in total. The first kappa shape index (κ1) is 16.7. The molecule has 6 nitrogen and oxygen atoms in total. The number of amides is 2. The minimum atomic E-state index is -0.458. The Labute approximate surface area is 154 Å². The summed E-state index contributed by atoms with van der Waals surface area (Å²) < 4.78 is 14.7. The molecule has 4 rings (SSSR count). The highest BCUT2D eigenvalue weighted by atomic mass is 19.1. The van der Waals surface area contributed by atoms with E-state index in [9.17, 15) is 9.18 Å². The largest absolute Gasteiger partial charge is 0.324 e. The lowest BCUT2D eigenvalue weighted by atomic mass is 10.1. The van der Waals surface area contributed by atoms with Gasteiger partial charge in [-0.15, -0.1) is 0 Å². The minimum Gasteiger partial charge on any atom is -0.308 e. The van der Waals surface area contributed by atoms with E-state index in [0.717, 1.165) is 11.1 Å². The summed E-state index contributed by atoms with van der Waals surface area (Å²) in [7, 11) is 0. The van der Waals surface area contributed by atoms with Crippen LogP contribution in [-0.4, -0.2) is 20.4 Å². The molecule has 27 heavy (non-hydrogen) atoms. The van der Waals surface area contributed by atoms with Crippen LogP contribution in [0.4, 0.5) is 20.7 Å². The van der Waals surface area contributed by atoms with Crippen molar-refractivity contribution < 1.29 is 9.18 Å².